The molecule has 4 heteroatoms. The number of nitrogens with one attached hydrogen (secondary N) is 2. The molecule has 1 heterocycles. The van der Waals surface area contributed by atoms with Gasteiger partial charge in [-0.3, -0.25) is 4.79 Å². The molecule has 4 nitrogen and oxygen atoms in total. The Hall–Kier alpha value is -2.36. The smallest absolute Gasteiger partial charge is 0.228 e. The lowest BCUT2D eigenvalue weighted by atomic mass is 10.0. The number of rotatable bonds is 7. The molecule has 1 aromatic carbocycles. The third kappa shape index (κ3) is 4.81. The largest absolute Gasteiger partial charge is 0.354 e. The Labute approximate surface area is 138 Å². The Balaban J connectivity index is 1.97. The third-order valence-electron chi connectivity index (χ3n) is 4.02. The van der Waals surface area contributed by atoms with E-state index in [1.54, 1.807) is 6.20 Å². The number of nitrogens with zero attached hydrogens (tertiary/aromatic N) is 1. The van der Waals surface area contributed by atoms with Crippen molar-refractivity contribution in [1.29, 1.82) is 0 Å². The summed E-state index contributed by atoms with van der Waals surface area (Å²) in [5.74, 6) is 0.679. The van der Waals surface area contributed by atoms with Gasteiger partial charge < -0.3 is 10.6 Å². The molecule has 2 rings (SSSR count). The fourth-order valence-electron chi connectivity index (χ4n) is 2.42. The van der Waals surface area contributed by atoms with Crippen LogP contribution >= 0.6 is 0 Å². The van der Waals surface area contributed by atoms with Gasteiger partial charge in [-0.1, -0.05) is 32.9 Å². The van der Waals surface area contributed by atoms with Gasteiger partial charge >= 0.3 is 0 Å². The van der Waals surface area contributed by atoms with Gasteiger partial charge in [0.15, 0.2) is 0 Å². The van der Waals surface area contributed by atoms with Crippen LogP contribution in [0.3, 0.4) is 0 Å². The van der Waals surface area contributed by atoms with Crippen molar-refractivity contribution in [3.8, 4) is 0 Å². The van der Waals surface area contributed by atoms with Gasteiger partial charge in [0, 0.05) is 11.6 Å². The maximum atomic E-state index is 12.0. The Bertz CT molecular complexity index is 616. The second-order valence-corrected chi connectivity index (χ2v) is 5.61. The first-order valence-electron chi connectivity index (χ1n) is 8.29. The van der Waals surface area contributed by atoms with Crippen LogP contribution in [0.25, 0.3) is 0 Å². The first kappa shape index (κ1) is 17.0. The number of aromatic nitrogens is 1. The van der Waals surface area contributed by atoms with Crippen molar-refractivity contribution in [2.24, 2.45) is 5.92 Å². The molecule has 122 valence electrons. The van der Waals surface area contributed by atoms with Crippen LogP contribution < -0.4 is 10.6 Å². The topological polar surface area (TPSA) is 54.0 Å². The van der Waals surface area contributed by atoms with E-state index in [2.05, 4.69) is 46.8 Å². The maximum absolute atomic E-state index is 12.0. The highest BCUT2D eigenvalue weighted by molar-refractivity contribution is 5.91. The fraction of sp³-hybridized carbons (Fsp3) is 0.368. The van der Waals surface area contributed by atoms with Gasteiger partial charge in [-0.05, 0) is 49.1 Å². The monoisotopic (exact) mass is 311 g/mol. The van der Waals surface area contributed by atoms with Gasteiger partial charge in [-0.2, -0.15) is 0 Å². The van der Waals surface area contributed by atoms with Crippen LogP contribution in [0.5, 0.6) is 0 Å². The number of amides is 1. The summed E-state index contributed by atoms with van der Waals surface area (Å²) in [5, 5.41) is 6.18. The van der Waals surface area contributed by atoms with Crippen molar-refractivity contribution >= 4 is 23.1 Å². The van der Waals surface area contributed by atoms with E-state index in [0.29, 0.717) is 5.82 Å². The second kappa shape index (κ2) is 8.32. The zero-order valence-electron chi connectivity index (χ0n) is 14.1. The summed E-state index contributed by atoms with van der Waals surface area (Å²) in [7, 11) is 0. The van der Waals surface area contributed by atoms with E-state index in [9.17, 15) is 4.79 Å². The summed E-state index contributed by atoms with van der Waals surface area (Å²) in [6, 6.07) is 12.1. The highest BCUT2D eigenvalue weighted by Gasteiger charge is 2.14. The molecule has 0 radical (unpaired) electrons. The van der Waals surface area contributed by atoms with Gasteiger partial charge in [0.25, 0.3) is 0 Å². The Morgan fingerprint density at radius 1 is 1.00 bits per heavy atom. The highest BCUT2D eigenvalue weighted by atomic mass is 16.1. The number of carbonyl (C=O) groups is 1. The molecule has 1 aromatic heterocycles. The molecule has 23 heavy (non-hydrogen) atoms. The van der Waals surface area contributed by atoms with Gasteiger partial charge in [0.1, 0.15) is 5.82 Å². The SMILES string of the molecule is CCc1ccc(Nc2ccc(NC(=O)C(CC)CC)nc2)cc1. The van der Waals surface area contributed by atoms with Crippen LogP contribution in [0.1, 0.15) is 39.2 Å². The molecule has 1 amide bonds. The quantitative estimate of drug-likeness (QED) is 0.775. The van der Waals surface area contributed by atoms with Gasteiger partial charge in [0.2, 0.25) is 5.91 Å². The highest BCUT2D eigenvalue weighted by Crippen LogP contribution is 2.18. The average molecular weight is 311 g/mol. The van der Waals surface area contributed by atoms with Gasteiger partial charge in [0.05, 0.1) is 11.9 Å². The van der Waals surface area contributed by atoms with Crippen molar-refractivity contribution in [2.75, 3.05) is 10.6 Å². The Kier molecular flexibility index (Phi) is 6.15. The third-order valence-corrected chi connectivity index (χ3v) is 4.02. The number of benzene rings is 1. The number of hydrogen-bond acceptors (Lipinski definition) is 3. The molecule has 2 aromatic rings. The summed E-state index contributed by atoms with van der Waals surface area (Å²) in [6.45, 7) is 6.19. The van der Waals surface area contributed by atoms with Crippen molar-refractivity contribution in [3.63, 3.8) is 0 Å². The molecule has 2 N–H and O–H groups in total. The van der Waals surface area contributed by atoms with Crippen LogP contribution in [0.15, 0.2) is 42.6 Å². The molecule has 0 spiro atoms. The minimum absolute atomic E-state index is 0.0402. The molecule has 0 saturated heterocycles. The number of aryl methyl sites for hydroxylation is 1. The van der Waals surface area contributed by atoms with E-state index in [0.717, 1.165) is 30.6 Å². The summed E-state index contributed by atoms with van der Waals surface area (Å²) >= 11 is 0. The van der Waals surface area contributed by atoms with E-state index < -0.39 is 0 Å². The van der Waals surface area contributed by atoms with Gasteiger partial charge in [-0.15, -0.1) is 0 Å². The van der Waals surface area contributed by atoms with Crippen molar-refractivity contribution < 1.29 is 4.79 Å². The first-order chi connectivity index (χ1) is 11.2. The van der Waals surface area contributed by atoms with E-state index in [1.165, 1.54) is 5.56 Å². The van der Waals surface area contributed by atoms with Crippen LogP contribution in [-0.4, -0.2) is 10.9 Å². The predicted molar refractivity (Wildman–Crippen MR) is 96.0 cm³/mol. The molecule has 0 atom stereocenters. The maximum Gasteiger partial charge on any atom is 0.228 e. The average Bonchev–Trinajstić information content (AvgIpc) is 2.58. The van der Waals surface area contributed by atoms with Crippen molar-refractivity contribution in [3.05, 3.63) is 48.2 Å². The van der Waals surface area contributed by atoms with E-state index in [1.807, 2.05) is 26.0 Å². The fourth-order valence-corrected chi connectivity index (χ4v) is 2.42. The lowest BCUT2D eigenvalue weighted by Gasteiger charge is -2.12. The van der Waals surface area contributed by atoms with Crippen molar-refractivity contribution in [1.82, 2.24) is 4.98 Å². The second-order valence-electron chi connectivity index (χ2n) is 5.61. The van der Waals surface area contributed by atoms with Gasteiger partial charge in [-0.25, -0.2) is 4.98 Å². The molecule has 0 saturated carbocycles. The predicted octanol–water partition coefficient (Wildman–Crippen LogP) is 4.76. The number of carbonyl (C=O) groups excluding carboxylic acids is 1. The molecular formula is C19H25N3O. The van der Waals surface area contributed by atoms with Crippen LogP contribution in [-0.2, 0) is 11.2 Å². The zero-order chi connectivity index (χ0) is 16.7. The van der Waals surface area contributed by atoms with E-state index >= 15 is 0 Å². The normalized spacial score (nSPS) is 10.6. The van der Waals surface area contributed by atoms with Crippen molar-refractivity contribution in [2.45, 2.75) is 40.0 Å². The van der Waals surface area contributed by atoms with Crippen LogP contribution in [0, 0.1) is 5.92 Å². The van der Waals surface area contributed by atoms with Crippen LogP contribution in [0.4, 0.5) is 17.2 Å². The zero-order valence-corrected chi connectivity index (χ0v) is 14.1. The number of hydrogen-bond donors (Lipinski definition) is 2. The Morgan fingerprint density at radius 2 is 1.65 bits per heavy atom. The molecule has 0 fully saturated rings. The molecule has 0 unspecified atom stereocenters. The molecular weight excluding hydrogens is 286 g/mol. The minimum Gasteiger partial charge on any atom is -0.354 e. The summed E-state index contributed by atoms with van der Waals surface area (Å²) < 4.78 is 0. The molecule has 0 aliphatic heterocycles. The number of anilines is 3. The lowest BCUT2D eigenvalue weighted by Crippen LogP contribution is -2.22. The van der Waals surface area contributed by atoms with E-state index in [-0.39, 0.29) is 11.8 Å². The molecule has 0 bridgehead atoms. The molecule has 0 aliphatic rings. The Morgan fingerprint density at radius 3 is 2.17 bits per heavy atom. The van der Waals surface area contributed by atoms with Crippen LogP contribution in [0.2, 0.25) is 0 Å². The first-order valence-corrected chi connectivity index (χ1v) is 8.29. The number of pyridine rings is 1. The summed E-state index contributed by atoms with van der Waals surface area (Å²) in [5.41, 5.74) is 3.24. The lowest BCUT2D eigenvalue weighted by molar-refractivity contribution is -0.120. The standard InChI is InChI=1S/C19H25N3O/c1-4-14-7-9-16(10-8-14)21-17-11-12-18(20-13-17)22-19(23)15(5-2)6-3/h7-13,15,21H,4-6H2,1-3H3,(H,20,22,23). The summed E-state index contributed by atoms with van der Waals surface area (Å²) in [4.78, 5) is 16.3. The minimum atomic E-state index is 0.0402. The summed E-state index contributed by atoms with van der Waals surface area (Å²) in [6.07, 6.45) is 4.45. The van der Waals surface area contributed by atoms with E-state index in [4.69, 9.17) is 0 Å². The molecule has 0 aliphatic carbocycles.